The third-order valence-corrected chi connectivity index (χ3v) is 5.14. The molecule has 1 heterocycles. The molecule has 1 aliphatic heterocycles. The van der Waals surface area contributed by atoms with Crippen molar-refractivity contribution in [3.8, 4) is 0 Å². The average molecular weight is 378 g/mol. The van der Waals surface area contributed by atoms with Gasteiger partial charge >= 0.3 is 0 Å². The van der Waals surface area contributed by atoms with Crippen molar-refractivity contribution in [1.29, 1.82) is 0 Å². The molecule has 1 aromatic rings. The molecule has 0 saturated carbocycles. The predicted molar refractivity (Wildman–Crippen MR) is 112 cm³/mol. The van der Waals surface area contributed by atoms with Crippen molar-refractivity contribution >= 4 is 29.2 Å². The van der Waals surface area contributed by atoms with Gasteiger partial charge in [-0.2, -0.15) is 11.8 Å². The summed E-state index contributed by atoms with van der Waals surface area (Å²) in [6.07, 6.45) is 0. The first-order valence-corrected chi connectivity index (χ1v) is 10.4. The number of benzene rings is 1. The second kappa shape index (κ2) is 10.5. The van der Waals surface area contributed by atoms with E-state index in [4.69, 9.17) is 10.7 Å². The van der Waals surface area contributed by atoms with E-state index in [-0.39, 0.29) is 5.78 Å². The molecule has 0 radical (unpaired) electrons. The molecule has 0 amide bonds. The second-order valence-electron chi connectivity index (χ2n) is 6.74. The fourth-order valence-electron chi connectivity index (χ4n) is 3.06. The summed E-state index contributed by atoms with van der Waals surface area (Å²) >= 11 is 1.82. The van der Waals surface area contributed by atoms with E-state index in [9.17, 15) is 4.79 Å². The van der Waals surface area contributed by atoms with Gasteiger partial charge in [0, 0.05) is 54.5 Å². The number of piperazine rings is 1. The number of guanidine groups is 1. The molecule has 2 unspecified atom stereocenters. The van der Waals surface area contributed by atoms with Crippen molar-refractivity contribution in [2.24, 2.45) is 10.7 Å². The van der Waals surface area contributed by atoms with Crippen LogP contribution in [0.15, 0.2) is 29.3 Å². The number of thioether (sulfide) groups is 1. The van der Waals surface area contributed by atoms with Crippen molar-refractivity contribution in [2.75, 3.05) is 43.0 Å². The van der Waals surface area contributed by atoms with Crippen LogP contribution in [-0.4, -0.2) is 66.4 Å². The summed E-state index contributed by atoms with van der Waals surface area (Å²) in [5.41, 5.74) is 7.14. The van der Waals surface area contributed by atoms with Gasteiger partial charge in [0.15, 0.2) is 11.7 Å². The van der Waals surface area contributed by atoms with Crippen molar-refractivity contribution in [1.82, 2.24) is 10.2 Å². The van der Waals surface area contributed by atoms with Gasteiger partial charge in [0.25, 0.3) is 0 Å². The molecule has 0 bridgehead atoms. The van der Waals surface area contributed by atoms with Crippen LogP contribution in [0, 0.1) is 0 Å². The number of hydrogen-bond acceptors (Lipinski definition) is 5. The van der Waals surface area contributed by atoms with Gasteiger partial charge in [-0.1, -0.05) is 12.1 Å². The lowest BCUT2D eigenvalue weighted by Gasteiger charge is -2.38. The predicted octanol–water partition coefficient (Wildman–Crippen LogP) is 2.03. The molecule has 7 heteroatoms. The normalized spacial score (nSPS) is 20.9. The highest BCUT2D eigenvalue weighted by molar-refractivity contribution is 7.99. The molecule has 1 saturated heterocycles. The number of nitrogens with one attached hydrogen (secondary N) is 2. The molecule has 4 N–H and O–H groups in total. The van der Waals surface area contributed by atoms with E-state index in [1.165, 1.54) is 0 Å². The number of carbonyl (C=O) groups is 1. The number of ketones is 1. The Bertz CT molecular complexity index is 612. The fourth-order valence-corrected chi connectivity index (χ4v) is 3.66. The molecule has 0 aromatic heterocycles. The molecule has 2 atom stereocenters. The molecule has 144 valence electrons. The van der Waals surface area contributed by atoms with Crippen LogP contribution in [0.3, 0.4) is 0 Å². The summed E-state index contributed by atoms with van der Waals surface area (Å²) < 4.78 is 0. The first-order chi connectivity index (χ1) is 12.5. The van der Waals surface area contributed by atoms with E-state index in [0.717, 1.165) is 42.8 Å². The summed E-state index contributed by atoms with van der Waals surface area (Å²) in [4.78, 5) is 18.8. The molecular weight excluding hydrogens is 346 g/mol. The highest BCUT2D eigenvalue weighted by Crippen LogP contribution is 2.14. The molecule has 6 nitrogen and oxygen atoms in total. The molecule has 1 aliphatic rings. The van der Waals surface area contributed by atoms with Crippen LogP contribution in [0.4, 0.5) is 5.69 Å². The van der Waals surface area contributed by atoms with Crippen LogP contribution in [0.25, 0.3) is 0 Å². The van der Waals surface area contributed by atoms with Crippen LogP contribution < -0.4 is 16.4 Å². The van der Waals surface area contributed by atoms with Crippen LogP contribution in [0.2, 0.25) is 0 Å². The topological polar surface area (TPSA) is 82.8 Å². The molecule has 1 aromatic carbocycles. The monoisotopic (exact) mass is 377 g/mol. The zero-order chi connectivity index (χ0) is 18.9. The number of anilines is 1. The average Bonchev–Trinajstić information content (AvgIpc) is 2.60. The lowest BCUT2D eigenvalue weighted by atomic mass is 10.1. The van der Waals surface area contributed by atoms with Crippen LogP contribution in [0.5, 0.6) is 0 Å². The van der Waals surface area contributed by atoms with Gasteiger partial charge in [0.05, 0.1) is 6.54 Å². The number of rotatable bonds is 7. The Hall–Kier alpha value is -1.57. The van der Waals surface area contributed by atoms with E-state index in [0.29, 0.717) is 24.2 Å². The molecule has 26 heavy (non-hydrogen) atoms. The number of carbonyl (C=O) groups excluding carboxylic acids is 1. The van der Waals surface area contributed by atoms with Crippen molar-refractivity contribution in [2.45, 2.75) is 32.9 Å². The Morgan fingerprint density at radius 3 is 2.73 bits per heavy atom. The van der Waals surface area contributed by atoms with Gasteiger partial charge in [-0.15, -0.1) is 0 Å². The number of nitrogens with two attached hydrogens (primary N) is 1. The lowest BCUT2D eigenvalue weighted by Crippen LogP contribution is -2.57. The number of Topliss-reactive ketones (excluding diaryl/α,β-unsaturated/α-hetero) is 1. The lowest BCUT2D eigenvalue weighted by molar-refractivity contribution is 0.101. The highest BCUT2D eigenvalue weighted by Gasteiger charge is 2.23. The number of nitrogens with zero attached hydrogens (tertiary/aromatic N) is 2. The zero-order valence-electron chi connectivity index (χ0n) is 16.0. The molecule has 1 fully saturated rings. The maximum absolute atomic E-state index is 11.7. The first-order valence-electron chi connectivity index (χ1n) is 9.21. The summed E-state index contributed by atoms with van der Waals surface area (Å²) in [5.74, 6) is 2.85. The van der Waals surface area contributed by atoms with Gasteiger partial charge in [-0.25, -0.2) is 0 Å². The smallest absolute Gasteiger partial charge is 0.198 e. The van der Waals surface area contributed by atoms with Gasteiger partial charge < -0.3 is 21.3 Å². The first kappa shape index (κ1) is 20.7. The van der Waals surface area contributed by atoms with Gasteiger partial charge in [0.2, 0.25) is 0 Å². The summed E-state index contributed by atoms with van der Waals surface area (Å²) in [6.45, 7) is 9.21. The van der Waals surface area contributed by atoms with Gasteiger partial charge in [-0.05, 0) is 32.9 Å². The Morgan fingerprint density at radius 2 is 2.08 bits per heavy atom. The second-order valence-corrected chi connectivity index (χ2v) is 7.97. The van der Waals surface area contributed by atoms with Gasteiger partial charge in [-0.3, -0.25) is 9.79 Å². The minimum atomic E-state index is 0.0646. The van der Waals surface area contributed by atoms with Crippen molar-refractivity contribution in [3.63, 3.8) is 0 Å². The minimum Gasteiger partial charge on any atom is -0.340 e. The van der Waals surface area contributed by atoms with Gasteiger partial charge in [0.1, 0.15) is 0 Å². The molecule has 0 spiro atoms. The van der Waals surface area contributed by atoms with Crippen LogP contribution >= 0.6 is 11.8 Å². The summed E-state index contributed by atoms with van der Waals surface area (Å²) in [6, 6.07) is 8.40. The molecular formula is C19H31N5OS. The summed E-state index contributed by atoms with van der Waals surface area (Å²) in [5, 5.41) is 6.99. The summed E-state index contributed by atoms with van der Waals surface area (Å²) in [7, 11) is 0. The van der Waals surface area contributed by atoms with E-state index in [1.54, 1.807) is 6.92 Å². The molecule has 2 rings (SSSR count). The quantitative estimate of drug-likeness (QED) is 0.292. The molecule has 0 aliphatic carbocycles. The SMILES string of the molecule is CC(=O)c1cccc(NC(=NCCSCCN)N2CC(C)NC(C)C2)c1. The maximum Gasteiger partial charge on any atom is 0.198 e. The van der Waals surface area contributed by atoms with E-state index in [1.807, 2.05) is 36.0 Å². The third-order valence-electron chi connectivity index (χ3n) is 4.14. The fraction of sp³-hybridized carbons (Fsp3) is 0.579. The minimum absolute atomic E-state index is 0.0646. The van der Waals surface area contributed by atoms with Crippen molar-refractivity contribution < 1.29 is 4.79 Å². The zero-order valence-corrected chi connectivity index (χ0v) is 16.8. The Balaban J connectivity index is 2.12. The third kappa shape index (κ3) is 6.63. The Labute approximate surface area is 161 Å². The van der Waals surface area contributed by atoms with Crippen LogP contribution in [0.1, 0.15) is 31.1 Å². The number of hydrogen-bond donors (Lipinski definition) is 3. The highest BCUT2D eigenvalue weighted by atomic mass is 32.2. The van der Waals surface area contributed by atoms with Crippen molar-refractivity contribution in [3.05, 3.63) is 29.8 Å². The Kier molecular flexibility index (Phi) is 8.41. The largest absolute Gasteiger partial charge is 0.340 e. The van der Waals surface area contributed by atoms with E-state index >= 15 is 0 Å². The maximum atomic E-state index is 11.7. The standard InChI is InChI=1S/C19H31N5OS/c1-14-12-24(13-15(2)22-14)19(21-8-10-26-9-7-20)23-18-6-4-5-17(11-18)16(3)25/h4-6,11,14-15,22H,7-10,12-13,20H2,1-3H3,(H,21,23). The van der Waals surface area contributed by atoms with Crippen LogP contribution in [-0.2, 0) is 0 Å². The van der Waals surface area contributed by atoms with E-state index in [2.05, 4.69) is 29.4 Å². The number of aliphatic imine (C=N–C) groups is 1. The van der Waals surface area contributed by atoms with E-state index < -0.39 is 0 Å². The Morgan fingerprint density at radius 1 is 1.35 bits per heavy atom.